The van der Waals surface area contributed by atoms with Crippen LogP contribution >= 0.6 is 0 Å². The third-order valence-electron chi connectivity index (χ3n) is 8.77. The number of benzene rings is 6. The normalized spacial score (nSPS) is 12.6. The Morgan fingerprint density at radius 3 is 1.77 bits per heavy atom. The smallest absolute Gasteiger partial charge is 0.100 e. The molecule has 0 N–H and O–H groups in total. The van der Waals surface area contributed by atoms with Crippen LogP contribution in [0.4, 0.5) is 17.1 Å². The second kappa shape index (κ2) is 11.6. The maximum atomic E-state index is 10.0. The van der Waals surface area contributed by atoms with Crippen molar-refractivity contribution in [3.8, 4) is 12.1 Å². The van der Waals surface area contributed by atoms with Crippen LogP contribution in [0, 0.1) is 29.6 Å². The van der Waals surface area contributed by atoms with Crippen molar-refractivity contribution < 1.29 is 0 Å². The standard InChI is InChI=1S/C41H31N3/c1-28-10-18-33(19-11-28)44(35-22-17-31-6-2-3-7-32(31)25-35)34-20-14-29(15-21-34)12-13-30-16-23-38-39(24-30)41(27-43)37-9-5-4-8-36(37)40(38)26-42/h4-5,8-25H,2-3,6-7H2,1H3. The predicted molar refractivity (Wildman–Crippen MR) is 182 cm³/mol. The molecule has 7 rings (SSSR count). The van der Waals surface area contributed by atoms with Crippen molar-refractivity contribution in [1.29, 1.82) is 10.5 Å². The van der Waals surface area contributed by atoms with E-state index in [1.165, 1.54) is 41.6 Å². The van der Waals surface area contributed by atoms with Crippen molar-refractivity contribution in [2.45, 2.75) is 32.6 Å². The van der Waals surface area contributed by atoms with Crippen LogP contribution in [0.5, 0.6) is 0 Å². The highest BCUT2D eigenvalue weighted by atomic mass is 15.1. The maximum absolute atomic E-state index is 10.0. The molecule has 0 amide bonds. The van der Waals surface area contributed by atoms with Gasteiger partial charge in [0.15, 0.2) is 0 Å². The molecule has 0 spiro atoms. The first-order valence-electron chi connectivity index (χ1n) is 15.2. The molecule has 0 aromatic heterocycles. The Kier molecular flexibility index (Phi) is 7.15. The predicted octanol–water partition coefficient (Wildman–Crippen LogP) is 10.6. The molecule has 0 unspecified atom stereocenters. The minimum Gasteiger partial charge on any atom is -0.310 e. The Morgan fingerprint density at radius 2 is 1.09 bits per heavy atom. The summed E-state index contributed by atoms with van der Waals surface area (Å²) >= 11 is 0. The lowest BCUT2D eigenvalue weighted by Crippen LogP contribution is -2.12. The molecule has 0 heterocycles. The van der Waals surface area contributed by atoms with Gasteiger partial charge >= 0.3 is 0 Å². The fourth-order valence-corrected chi connectivity index (χ4v) is 6.47. The lowest BCUT2D eigenvalue weighted by atomic mass is 9.91. The summed E-state index contributed by atoms with van der Waals surface area (Å²) in [6.07, 6.45) is 9.02. The van der Waals surface area contributed by atoms with E-state index in [2.05, 4.69) is 103 Å². The van der Waals surface area contributed by atoms with Crippen LogP contribution in [0.3, 0.4) is 0 Å². The van der Waals surface area contributed by atoms with Crippen LogP contribution in [-0.2, 0) is 12.8 Å². The van der Waals surface area contributed by atoms with Gasteiger partial charge in [0.05, 0.1) is 11.1 Å². The van der Waals surface area contributed by atoms with Crippen molar-refractivity contribution in [3.05, 3.63) is 148 Å². The summed E-state index contributed by atoms with van der Waals surface area (Å²) in [5.41, 5.74) is 10.9. The lowest BCUT2D eigenvalue weighted by molar-refractivity contribution is 0.685. The summed E-state index contributed by atoms with van der Waals surface area (Å²) in [5.74, 6) is 0. The molecular formula is C41H31N3. The monoisotopic (exact) mass is 565 g/mol. The summed E-state index contributed by atoms with van der Waals surface area (Å²) in [4.78, 5) is 2.34. The highest BCUT2D eigenvalue weighted by Crippen LogP contribution is 2.37. The highest BCUT2D eigenvalue weighted by molar-refractivity contribution is 6.09. The van der Waals surface area contributed by atoms with Gasteiger partial charge in [-0.3, -0.25) is 0 Å². The number of fused-ring (bicyclic) bond motifs is 3. The first-order chi connectivity index (χ1) is 21.6. The van der Waals surface area contributed by atoms with E-state index in [1.807, 2.05) is 42.5 Å². The summed E-state index contributed by atoms with van der Waals surface area (Å²) in [6, 6.07) is 42.7. The molecule has 3 heteroatoms. The molecule has 0 bridgehead atoms. The van der Waals surface area contributed by atoms with Gasteiger partial charge in [0.1, 0.15) is 12.1 Å². The summed E-state index contributed by atoms with van der Waals surface area (Å²) in [5, 5.41) is 23.2. The molecule has 0 fully saturated rings. The van der Waals surface area contributed by atoms with Gasteiger partial charge in [-0.15, -0.1) is 0 Å². The number of aryl methyl sites for hydroxylation is 3. The van der Waals surface area contributed by atoms with Crippen LogP contribution in [-0.4, -0.2) is 0 Å². The van der Waals surface area contributed by atoms with Gasteiger partial charge in [-0.1, -0.05) is 84.4 Å². The Labute approximate surface area is 258 Å². The van der Waals surface area contributed by atoms with Gasteiger partial charge in [-0.05, 0) is 97.3 Å². The molecule has 6 aromatic carbocycles. The van der Waals surface area contributed by atoms with Crippen LogP contribution in [0.15, 0.2) is 109 Å². The molecule has 0 radical (unpaired) electrons. The maximum Gasteiger partial charge on any atom is 0.100 e. The summed E-state index contributed by atoms with van der Waals surface area (Å²) in [6.45, 7) is 2.12. The molecule has 1 aliphatic rings. The Morgan fingerprint density at radius 1 is 0.545 bits per heavy atom. The Bertz CT molecular complexity index is 2140. The van der Waals surface area contributed by atoms with Crippen molar-refractivity contribution >= 4 is 50.8 Å². The molecule has 210 valence electrons. The number of rotatable bonds is 5. The van der Waals surface area contributed by atoms with Gasteiger partial charge in [0, 0.05) is 38.6 Å². The Hall–Kier alpha value is -5.64. The molecule has 1 aliphatic carbocycles. The van der Waals surface area contributed by atoms with Crippen LogP contribution < -0.4 is 4.90 Å². The zero-order chi connectivity index (χ0) is 30.0. The molecule has 0 atom stereocenters. The zero-order valence-electron chi connectivity index (χ0n) is 24.7. The van der Waals surface area contributed by atoms with E-state index in [0.717, 1.165) is 50.5 Å². The van der Waals surface area contributed by atoms with E-state index in [0.29, 0.717) is 11.1 Å². The van der Waals surface area contributed by atoms with Crippen molar-refractivity contribution in [3.63, 3.8) is 0 Å². The van der Waals surface area contributed by atoms with Gasteiger partial charge in [0.25, 0.3) is 0 Å². The van der Waals surface area contributed by atoms with Crippen molar-refractivity contribution in [1.82, 2.24) is 0 Å². The first-order valence-corrected chi connectivity index (χ1v) is 15.2. The van der Waals surface area contributed by atoms with E-state index in [-0.39, 0.29) is 0 Å². The quantitative estimate of drug-likeness (QED) is 0.154. The first kappa shape index (κ1) is 27.2. The molecule has 3 nitrogen and oxygen atoms in total. The lowest BCUT2D eigenvalue weighted by Gasteiger charge is -2.27. The molecule has 0 saturated heterocycles. The number of anilines is 3. The van der Waals surface area contributed by atoms with E-state index in [9.17, 15) is 10.5 Å². The van der Waals surface area contributed by atoms with E-state index >= 15 is 0 Å². The van der Waals surface area contributed by atoms with Crippen molar-refractivity contribution in [2.75, 3.05) is 4.90 Å². The van der Waals surface area contributed by atoms with Crippen LogP contribution in [0.1, 0.15) is 51.8 Å². The number of hydrogen-bond acceptors (Lipinski definition) is 3. The van der Waals surface area contributed by atoms with E-state index in [4.69, 9.17) is 0 Å². The molecule has 0 aliphatic heterocycles. The highest BCUT2D eigenvalue weighted by Gasteiger charge is 2.17. The second-order valence-electron chi connectivity index (χ2n) is 11.6. The minimum atomic E-state index is 0.604. The zero-order valence-corrected chi connectivity index (χ0v) is 24.7. The largest absolute Gasteiger partial charge is 0.310 e. The third kappa shape index (κ3) is 5.00. The molecule has 44 heavy (non-hydrogen) atoms. The van der Waals surface area contributed by atoms with Gasteiger partial charge in [-0.25, -0.2) is 0 Å². The third-order valence-corrected chi connectivity index (χ3v) is 8.77. The fraction of sp³-hybridized carbons (Fsp3) is 0.122. The summed E-state index contributed by atoms with van der Waals surface area (Å²) in [7, 11) is 0. The molecular weight excluding hydrogens is 534 g/mol. The van der Waals surface area contributed by atoms with Gasteiger partial charge in [-0.2, -0.15) is 10.5 Å². The Balaban J connectivity index is 1.23. The fourth-order valence-electron chi connectivity index (χ4n) is 6.47. The van der Waals surface area contributed by atoms with Crippen LogP contribution in [0.2, 0.25) is 0 Å². The van der Waals surface area contributed by atoms with Crippen LogP contribution in [0.25, 0.3) is 33.7 Å². The molecule has 6 aromatic rings. The van der Waals surface area contributed by atoms with E-state index in [1.54, 1.807) is 0 Å². The number of nitriles is 2. The SMILES string of the molecule is Cc1ccc(N(c2ccc(C=Cc3ccc4c(C#N)c5ccccc5c(C#N)c4c3)cc2)c2ccc3c(c2)CCCC3)cc1. The number of hydrogen-bond donors (Lipinski definition) is 0. The molecule has 0 saturated carbocycles. The number of nitrogens with zero attached hydrogens (tertiary/aromatic N) is 3. The average molecular weight is 566 g/mol. The van der Waals surface area contributed by atoms with Gasteiger partial charge < -0.3 is 4.90 Å². The van der Waals surface area contributed by atoms with Crippen molar-refractivity contribution in [2.24, 2.45) is 0 Å². The van der Waals surface area contributed by atoms with Gasteiger partial charge in [0.2, 0.25) is 0 Å². The summed E-state index contributed by atoms with van der Waals surface area (Å²) < 4.78 is 0. The topological polar surface area (TPSA) is 50.8 Å². The average Bonchev–Trinajstić information content (AvgIpc) is 3.07. The van der Waals surface area contributed by atoms with E-state index < -0.39 is 0 Å². The second-order valence-corrected chi connectivity index (χ2v) is 11.6. The minimum absolute atomic E-state index is 0.604.